The minimum Gasteiger partial charge on any atom is -0.478 e. The maximum atomic E-state index is 12.1. The Bertz CT molecular complexity index is 627. The molecule has 2 heterocycles. The minimum absolute atomic E-state index is 0.0490. The van der Waals surface area contributed by atoms with Crippen molar-refractivity contribution in [1.82, 2.24) is 9.88 Å². The van der Waals surface area contributed by atoms with E-state index < -0.39 is 12.0 Å². The van der Waals surface area contributed by atoms with E-state index in [0.29, 0.717) is 17.7 Å². The van der Waals surface area contributed by atoms with Crippen molar-refractivity contribution in [3.63, 3.8) is 0 Å². The van der Waals surface area contributed by atoms with Gasteiger partial charge in [0.1, 0.15) is 17.4 Å². The number of imide groups is 1. The molecule has 1 aromatic rings. The van der Waals surface area contributed by atoms with Gasteiger partial charge in [-0.15, -0.1) is 0 Å². The number of carbonyl (C=O) groups is 3. The molecular weight excluding hydrogens is 274 g/mol. The first-order valence-electron chi connectivity index (χ1n) is 6.59. The second kappa shape index (κ2) is 5.51. The molecule has 1 atom stereocenters. The van der Waals surface area contributed by atoms with Crippen LogP contribution in [0.3, 0.4) is 0 Å². The standard InChI is InChI=1S/C14H17N3O4/c1-7-6-8(2)15-12(11(7)14(20)21)16-9-4-5-10(18)17(3)13(9)19/h6,9H,4-5H2,1-3H3,(H,15,16)(H,20,21). The number of hydrogen-bond acceptors (Lipinski definition) is 5. The van der Waals surface area contributed by atoms with E-state index in [1.165, 1.54) is 7.05 Å². The van der Waals surface area contributed by atoms with Gasteiger partial charge in [-0.2, -0.15) is 0 Å². The average molecular weight is 291 g/mol. The van der Waals surface area contributed by atoms with E-state index in [1.807, 2.05) is 0 Å². The third-order valence-electron chi connectivity index (χ3n) is 3.52. The van der Waals surface area contributed by atoms with Crippen molar-refractivity contribution < 1.29 is 19.5 Å². The monoisotopic (exact) mass is 291 g/mol. The van der Waals surface area contributed by atoms with E-state index in [2.05, 4.69) is 10.3 Å². The molecule has 1 aliphatic heterocycles. The molecule has 0 radical (unpaired) electrons. The highest BCUT2D eigenvalue weighted by Crippen LogP contribution is 2.22. The zero-order chi connectivity index (χ0) is 15.7. The number of hydrogen-bond donors (Lipinski definition) is 2. The largest absolute Gasteiger partial charge is 0.478 e. The van der Waals surface area contributed by atoms with E-state index >= 15 is 0 Å². The van der Waals surface area contributed by atoms with Crippen LogP contribution in [0.15, 0.2) is 6.07 Å². The summed E-state index contributed by atoms with van der Waals surface area (Å²) in [5.74, 6) is -1.54. The molecule has 2 amide bonds. The number of aromatic nitrogens is 1. The molecular formula is C14H17N3O4. The molecule has 0 aliphatic carbocycles. The average Bonchev–Trinajstić information content (AvgIpc) is 2.38. The van der Waals surface area contributed by atoms with Crippen molar-refractivity contribution in [3.05, 3.63) is 22.9 Å². The summed E-state index contributed by atoms with van der Waals surface area (Å²) >= 11 is 0. The van der Waals surface area contributed by atoms with Crippen LogP contribution >= 0.6 is 0 Å². The summed E-state index contributed by atoms with van der Waals surface area (Å²) in [4.78, 5) is 40.1. The highest BCUT2D eigenvalue weighted by atomic mass is 16.4. The lowest BCUT2D eigenvalue weighted by atomic mass is 10.0. The second-order valence-electron chi connectivity index (χ2n) is 5.14. The number of carbonyl (C=O) groups excluding carboxylic acids is 2. The quantitative estimate of drug-likeness (QED) is 0.804. The van der Waals surface area contributed by atoms with Crippen molar-refractivity contribution in [2.45, 2.75) is 32.7 Å². The van der Waals surface area contributed by atoms with Crippen LogP contribution in [0.5, 0.6) is 0 Å². The number of nitrogens with zero attached hydrogens (tertiary/aromatic N) is 2. The van der Waals surface area contributed by atoms with Gasteiger partial charge in [-0.05, 0) is 31.9 Å². The summed E-state index contributed by atoms with van der Waals surface area (Å²) in [5, 5.41) is 12.2. The number of likely N-dealkylation sites (N-methyl/N-ethyl adjacent to an activating group) is 1. The number of amides is 2. The molecule has 0 aromatic carbocycles. The molecule has 1 aliphatic rings. The first-order valence-corrected chi connectivity index (χ1v) is 6.59. The zero-order valence-corrected chi connectivity index (χ0v) is 12.1. The Labute approximate surface area is 122 Å². The van der Waals surface area contributed by atoms with Crippen LogP contribution in [0.4, 0.5) is 5.82 Å². The molecule has 7 heteroatoms. The third-order valence-corrected chi connectivity index (χ3v) is 3.52. The lowest BCUT2D eigenvalue weighted by Gasteiger charge is -2.29. The van der Waals surface area contributed by atoms with Crippen LogP contribution in [0.1, 0.15) is 34.5 Å². The number of likely N-dealkylation sites (tertiary alicyclic amines) is 1. The highest BCUT2D eigenvalue weighted by molar-refractivity contribution is 6.02. The van der Waals surface area contributed by atoms with Crippen molar-refractivity contribution >= 4 is 23.6 Å². The number of aromatic carboxylic acids is 1. The molecule has 21 heavy (non-hydrogen) atoms. The van der Waals surface area contributed by atoms with Gasteiger partial charge in [0.05, 0.1) is 0 Å². The Morgan fingerprint density at radius 2 is 2.10 bits per heavy atom. The topological polar surface area (TPSA) is 99.6 Å². The normalized spacial score (nSPS) is 18.8. The van der Waals surface area contributed by atoms with Crippen molar-refractivity contribution in [2.75, 3.05) is 12.4 Å². The zero-order valence-electron chi connectivity index (χ0n) is 12.1. The second-order valence-corrected chi connectivity index (χ2v) is 5.14. The Morgan fingerprint density at radius 3 is 2.71 bits per heavy atom. The summed E-state index contributed by atoms with van der Waals surface area (Å²) in [6.07, 6.45) is 0.572. The molecule has 2 N–H and O–H groups in total. The van der Waals surface area contributed by atoms with E-state index in [0.717, 1.165) is 4.90 Å². The molecule has 7 nitrogen and oxygen atoms in total. The van der Waals surface area contributed by atoms with Crippen LogP contribution in [0.25, 0.3) is 0 Å². The van der Waals surface area contributed by atoms with Gasteiger partial charge in [-0.3, -0.25) is 14.5 Å². The fourth-order valence-corrected chi connectivity index (χ4v) is 2.43. The van der Waals surface area contributed by atoms with Gasteiger partial charge < -0.3 is 10.4 Å². The molecule has 1 saturated heterocycles. The molecule has 1 unspecified atom stereocenters. The van der Waals surface area contributed by atoms with Gasteiger partial charge in [0.25, 0.3) is 5.91 Å². The van der Waals surface area contributed by atoms with E-state index in [1.54, 1.807) is 19.9 Å². The van der Waals surface area contributed by atoms with Gasteiger partial charge in [0.2, 0.25) is 5.91 Å². The summed E-state index contributed by atoms with van der Waals surface area (Å²) in [6, 6.07) is 1.03. The van der Waals surface area contributed by atoms with Gasteiger partial charge >= 0.3 is 5.97 Å². The fourth-order valence-electron chi connectivity index (χ4n) is 2.43. The summed E-state index contributed by atoms with van der Waals surface area (Å²) in [7, 11) is 1.42. The Kier molecular flexibility index (Phi) is 3.93. The number of pyridine rings is 1. The molecule has 1 aromatic heterocycles. The van der Waals surface area contributed by atoms with Gasteiger partial charge in [0, 0.05) is 19.2 Å². The van der Waals surface area contributed by atoms with E-state index in [9.17, 15) is 19.5 Å². The van der Waals surface area contributed by atoms with Gasteiger partial charge in [0.15, 0.2) is 0 Å². The first kappa shape index (κ1) is 15.0. The van der Waals surface area contributed by atoms with Crippen molar-refractivity contribution in [3.8, 4) is 0 Å². The number of nitrogens with one attached hydrogen (secondary N) is 1. The number of piperidine rings is 1. The van der Waals surface area contributed by atoms with Gasteiger partial charge in [-0.25, -0.2) is 9.78 Å². The first-order chi connectivity index (χ1) is 9.81. The smallest absolute Gasteiger partial charge is 0.339 e. The Hall–Kier alpha value is -2.44. The lowest BCUT2D eigenvalue weighted by molar-refractivity contribution is -0.146. The summed E-state index contributed by atoms with van der Waals surface area (Å²) in [6.45, 7) is 3.43. The van der Waals surface area contributed by atoms with E-state index in [4.69, 9.17) is 0 Å². The van der Waals surface area contributed by atoms with Crippen LogP contribution in [0, 0.1) is 13.8 Å². The maximum Gasteiger partial charge on any atom is 0.339 e. The summed E-state index contributed by atoms with van der Waals surface area (Å²) < 4.78 is 0. The van der Waals surface area contributed by atoms with Gasteiger partial charge in [-0.1, -0.05) is 0 Å². The predicted molar refractivity (Wildman–Crippen MR) is 75.1 cm³/mol. The van der Waals surface area contributed by atoms with Crippen LogP contribution in [-0.4, -0.2) is 45.9 Å². The lowest BCUT2D eigenvalue weighted by Crippen LogP contribution is -2.48. The third kappa shape index (κ3) is 2.86. The van der Waals surface area contributed by atoms with Crippen LogP contribution < -0.4 is 5.32 Å². The van der Waals surface area contributed by atoms with Crippen molar-refractivity contribution in [1.29, 1.82) is 0 Å². The fraction of sp³-hybridized carbons (Fsp3) is 0.429. The van der Waals surface area contributed by atoms with Crippen LogP contribution in [-0.2, 0) is 9.59 Å². The molecule has 2 rings (SSSR count). The molecule has 0 saturated carbocycles. The van der Waals surface area contributed by atoms with Crippen molar-refractivity contribution in [2.24, 2.45) is 0 Å². The molecule has 1 fully saturated rings. The number of rotatable bonds is 3. The number of carboxylic acid groups (broad SMARTS) is 1. The Balaban J connectivity index is 2.33. The minimum atomic E-state index is -1.10. The predicted octanol–water partition coefficient (Wildman–Crippen LogP) is 0.956. The van der Waals surface area contributed by atoms with Crippen LogP contribution in [0.2, 0.25) is 0 Å². The molecule has 112 valence electrons. The highest BCUT2D eigenvalue weighted by Gasteiger charge is 2.32. The number of carboxylic acids is 1. The molecule has 0 spiro atoms. The number of anilines is 1. The molecule has 0 bridgehead atoms. The Morgan fingerprint density at radius 1 is 1.43 bits per heavy atom. The number of aryl methyl sites for hydroxylation is 2. The van der Waals surface area contributed by atoms with E-state index in [-0.39, 0.29) is 29.6 Å². The SMILES string of the molecule is Cc1cc(C)c(C(=O)O)c(NC2CCC(=O)N(C)C2=O)n1. The maximum absolute atomic E-state index is 12.1. The summed E-state index contributed by atoms with van der Waals surface area (Å²) in [5.41, 5.74) is 1.28.